The van der Waals surface area contributed by atoms with Crippen molar-refractivity contribution in [2.45, 2.75) is 12.8 Å². The van der Waals surface area contributed by atoms with Crippen molar-refractivity contribution in [1.82, 2.24) is 9.97 Å². The molecule has 0 saturated carbocycles. The van der Waals surface area contributed by atoms with E-state index in [1.165, 1.54) is 22.7 Å². The zero-order valence-electron chi connectivity index (χ0n) is 7.84. The summed E-state index contributed by atoms with van der Waals surface area (Å²) in [4.78, 5) is 19.7. The summed E-state index contributed by atoms with van der Waals surface area (Å²) in [5.41, 5.74) is 6.23. The summed E-state index contributed by atoms with van der Waals surface area (Å²) in [6, 6.07) is 0. The van der Waals surface area contributed by atoms with Gasteiger partial charge in [0, 0.05) is 17.0 Å². The first-order chi connectivity index (χ1) is 7.24. The molecular weight excluding hydrogens is 230 g/mol. The lowest BCUT2D eigenvalue weighted by Crippen LogP contribution is -2.06. The second kappa shape index (κ2) is 4.50. The van der Waals surface area contributed by atoms with Crippen molar-refractivity contribution in [3.63, 3.8) is 0 Å². The molecule has 15 heavy (non-hydrogen) atoms. The number of carbonyl (C=O) groups excluding carboxylic acids is 1. The molecule has 4 nitrogen and oxygen atoms in total. The van der Waals surface area contributed by atoms with Crippen molar-refractivity contribution >= 4 is 33.6 Å². The van der Waals surface area contributed by atoms with E-state index in [1.807, 2.05) is 10.8 Å². The first kappa shape index (κ1) is 10.3. The normalized spacial score (nSPS) is 10.4. The highest BCUT2D eigenvalue weighted by atomic mass is 32.1. The van der Waals surface area contributed by atoms with E-state index in [2.05, 4.69) is 9.97 Å². The van der Waals surface area contributed by atoms with Crippen LogP contribution in [0.25, 0.3) is 0 Å². The summed E-state index contributed by atoms with van der Waals surface area (Å²) in [6.45, 7) is 0. The van der Waals surface area contributed by atoms with Gasteiger partial charge in [0.15, 0.2) is 5.13 Å². The lowest BCUT2D eigenvalue weighted by Gasteiger charge is -1.94. The summed E-state index contributed by atoms with van der Waals surface area (Å²) in [7, 11) is 0. The van der Waals surface area contributed by atoms with Gasteiger partial charge in [-0.15, -0.1) is 22.7 Å². The van der Waals surface area contributed by atoms with Crippen LogP contribution in [0.1, 0.15) is 10.7 Å². The molecule has 2 aromatic rings. The highest BCUT2D eigenvalue weighted by Gasteiger charge is 2.09. The average molecular weight is 239 g/mol. The number of Topliss-reactive ketones (excluding diaryl/α,β-unsaturated/α-hetero) is 1. The van der Waals surface area contributed by atoms with Crippen LogP contribution in [0, 0.1) is 0 Å². The van der Waals surface area contributed by atoms with Gasteiger partial charge in [0.05, 0.1) is 23.5 Å². The van der Waals surface area contributed by atoms with Crippen LogP contribution in [0.5, 0.6) is 0 Å². The molecule has 6 heteroatoms. The lowest BCUT2D eigenvalue weighted by molar-refractivity contribution is -0.117. The van der Waals surface area contributed by atoms with Gasteiger partial charge in [0.1, 0.15) is 5.78 Å². The third kappa shape index (κ3) is 2.84. The molecular formula is C9H9N3OS2. The molecule has 0 aromatic carbocycles. The molecule has 2 aromatic heterocycles. The highest BCUT2D eigenvalue weighted by molar-refractivity contribution is 7.13. The molecule has 0 aliphatic rings. The molecule has 0 bridgehead atoms. The van der Waals surface area contributed by atoms with E-state index in [1.54, 1.807) is 6.20 Å². The molecule has 2 heterocycles. The van der Waals surface area contributed by atoms with Gasteiger partial charge in [0.25, 0.3) is 0 Å². The van der Waals surface area contributed by atoms with Crippen molar-refractivity contribution in [3.8, 4) is 0 Å². The van der Waals surface area contributed by atoms with Gasteiger partial charge in [-0.3, -0.25) is 4.79 Å². The smallest absolute Gasteiger partial charge is 0.180 e. The van der Waals surface area contributed by atoms with Crippen LogP contribution >= 0.6 is 22.7 Å². The SMILES string of the molecule is Nc1nc(CC(=O)Cc2nccs2)cs1. The topological polar surface area (TPSA) is 68.9 Å². The number of nitrogen functional groups attached to an aromatic ring is 1. The fourth-order valence-electron chi connectivity index (χ4n) is 1.18. The van der Waals surface area contributed by atoms with E-state index in [4.69, 9.17) is 5.73 Å². The molecule has 0 aliphatic heterocycles. The summed E-state index contributed by atoms with van der Waals surface area (Å²) < 4.78 is 0. The Morgan fingerprint density at radius 2 is 2.27 bits per heavy atom. The number of hydrogen-bond donors (Lipinski definition) is 1. The number of anilines is 1. The first-order valence-corrected chi connectivity index (χ1v) is 6.10. The number of thiazole rings is 2. The summed E-state index contributed by atoms with van der Waals surface area (Å²) in [5, 5.41) is 5.04. The monoisotopic (exact) mass is 239 g/mol. The molecule has 0 saturated heterocycles. The van der Waals surface area contributed by atoms with Gasteiger partial charge in [-0.1, -0.05) is 0 Å². The lowest BCUT2D eigenvalue weighted by atomic mass is 10.2. The quantitative estimate of drug-likeness (QED) is 0.878. The Morgan fingerprint density at radius 3 is 2.87 bits per heavy atom. The molecule has 0 aliphatic carbocycles. The molecule has 0 unspecified atom stereocenters. The van der Waals surface area contributed by atoms with Gasteiger partial charge in [-0.2, -0.15) is 0 Å². The van der Waals surface area contributed by atoms with Crippen LogP contribution in [-0.2, 0) is 17.6 Å². The van der Waals surface area contributed by atoms with Gasteiger partial charge < -0.3 is 5.73 Å². The van der Waals surface area contributed by atoms with Crippen molar-refractivity contribution in [2.75, 3.05) is 5.73 Å². The molecule has 0 atom stereocenters. The maximum Gasteiger partial charge on any atom is 0.180 e. The minimum Gasteiger partial charge on any atom is -0.375 e. The van der Waals surface area contributed by atoms with E-state index in [0.717, 1.165) is 10.7 Å². The molecule has 0 fully saturated rings. The Labute approximate surface area is 94.8 Å². The molecule has 2 N–H and O–H groups in total. The Kier molecular flexibility index (Phi) is 3.08. The van der Waals surface area contributed by atoms with Crippen molar-refractivity contribution in [3.05, 3.63) is 27.7 Å². The Morgan fingerprint density at radius 1 is 1.40 bits per heavy atom. The standard InChI is InChI=1S/C9H9N3OS2/c10-9-12-6(5-15-9)3-7(13)4-8-11-1-2-14-8/h1-2,5H,3-4H2,(H2,10,12). The average Bonchev–Trinajstić information content (AvgIpc) is 2.77. The highest BCUT2D eigenvalue weighted by Crippen LogP contribution is 2.13. The fraction of sp³-hybridized carbons (Fsp3) is 0.222. The maximum absolute atomic E-state index is 11.6. The minimum atomic E-state index is 0.121. The molecule has 0 amide bonds. The minimum absolute atomic E-state index is 0.121. The summed E-state index contributed by atoms with van der Waals surface area (Å²) >= 11 is 2.85. The summed E-state index contributed by atoms with van der Waals surface area (Å²) in [5.74, 6) is 0.121. The maximum atomic E-state index is 11.6. The van der Waals surface area contributed by atoms with E-state index in [0.29, 0.717) is 18.0 Å². The van der Waals surface area contributed by atoms with Gasteiger partial charge >= 0.3 is 0 Å². The Hall–Kier alpha value is -1.27. The van der Waals surface area contributed by atoms with Crippen molar-refractivity contribution < 1.29 is 4.79 Å². The third-order valence-electron chi connectivity index (χ3n) is 1.78. The van der Waals surface area contributed by atoms with E-state index >= 15 is 0 Å². The predicted molar refractivity (Wildman–Crippen MR) is 61.1 cm³/mol. The van der Waals surface area contributed by atoms with Crippen molar-refractivity contribution in [1.29, 1.82) is 0 Å². The van der Waals surface area contributed by atoms with Crippen LogP contribution in [0.4, 0.5) is 5.13 Å². The van der Waals surface area contributed by atoms with E-state index < -0.39 is 0 Å². The summed E-state index contributed by atoms with van der Waals surface area (Å²) in [6.07, 6.45) is 2.43. The van der Waals surface area contributed by atoms with Crippen LogP contribution in [0.2, 0.25) is 0 Å². The third-order valence-corrected chi connectivity index (χ3v) is 3.28. The molecule has 78 valence electrons. The number of nitrogens with zero attached hydrogens (tertiary/aromatic N) is 2. The van der Waals surface area contributed by atoms with Crippen LogP contribution in [-0.4, -0.2) is 15.8 Å². The first-order valence-electron chi connectivity index (χ1n) is 4.34. The van der Waals surface area contributed by atoms with Gasteiger partial charge in [0.2, 0.25) is 0 Å². The Balaban J connectivity index is 1.93. The van der Waals surface area contributed by atoms with E-state index in [9.17, 15) is 4.79 Å². The van der Waals surface area contributed by atoms with Crippen LogP contribution < -0.4 is 5.73 Å². The Bertz CT molecular complexity index is 450. The van der Waals surface area contributed by atoms with Gasteiger partial charge in [-0.05, 0) is 0 Å². The second-order valence-corrected chi connectivity index (χ2v) is 4.86. The number of hydrogen-bond acceptors (Lipinski definition) is 6. The predicted octanol–water partition coefficient (Wildman–Crippen LogP) is 1.54. The van der Waals surface area contributed by atoms with Crippen molar-refractivity contribution in [2.24, 2.45) is 0 Å². The van der Waals surface area contributed by atoms with Crippen LogP contribution in [0.3, 0.4) is 0 Å². The number of ketones is 1. The zero-order chi connectivity index (χ0) is 10.7. The fourth-order valence-corrected chi connectivity index (χ4v) is 2.38. The number of carbonyl (C=O) groups is 1. The molecule has 0 spiro atoms. The van der Waals surface area contributed by atoms with E-state index in [-0.39, 0.29) is 5.78 Å². The van der Waals surface area contributed by atoms with Gasteiger partial charge in [-0.25, -0.2) is 9.97 Å². The molecule has 0 radical (unpaired) electrons. The zero-order valence-corrected chi connectivity index (χ0v) is 9.48. The molecule has 2 rings (SSSR count). The number of nitrogens with two attached hydrogens (primary N) is 1. The number of aromatic nitrogens is 2. The largest absolute Gasteiger partial charge is 0.375 e. The number of rotatable bonds is 4. The second-order valence-electron chi connectivity index (χ2n) is 3.00. The van der Waals surface area contributed by atoms with Crippen LogP contribution in [0.15, 0.2) is 17.0 Å².